The van der Waals surface area contributed by atoms with E-state index in [-0.39, 0.29) is 18.9 Å². The van der Waals surface area contributed by atoms with Gasteiger partial charge in [-0.2, -0.15) is 0 Å². The summed E-state index contributed by atoms with van der Waals surface area (Å²) in [5, 5.41) is 13.4. The number of hydrogen-bond acceptors (Lipinski definition) is 6. The zero-order valence-corrected chi connectivity index (χ0v) is 38.3. The van der Waals surface area contributed by atoms with Crippen molar-refractivity contribution < 1.29 is 32.9 Å². The number of hydrogen-bond donors (Lipinski definition) is 2. The molecule has 2 N–H and O–H groups in total. The van der Waals surface area contributed by atoms with Gasteiger partial charge in [-0.15, -0.1) is 0 Å². The molecule has 1 amide bonds. The maximum absolute atomic E-state index is 12.7. The standard InChI is InChI=1S/C50H81N2O6P/c1-6-8-10-12-13-14-15-16-17-18-19-20-21-22-23-24-25-26-27-28-29-30-31-32-33-34-35-36-37-38-39-40-42-44-50(54)51-48(49(53)43-41-11-9-7-2)47-58-59(55,56)57-46-45-52(3,4)5/h8,10,13-14,16-17,19-20,22-23,25-26,28-29,31-32,34-35,37-38,41,43,48-49,53H,6-7,9,11-12,15,18,21,24,27,30,33,36,39-40,42,44-47H2,1-5H3,(H-,51,54,55,56)/b10-8-,14-13-,17-16-,20-19-,23-22-,26-25-,29-28-,32-31-,35-34-,38-37-,43-41+. The van der Waals surface area contributed by atoms with Crippen molar-refractivity contribution >= 4 is 13.7 Å². The number of allylic oxidation sites excluding steroid dienone is 21. The SMILES string of the molecule is CC/C=C\C/C=C\C/C=C\C/C=C\C/C=C\C/C=C\C/C=C\C/C=C\C/C=C\C/C=C\CCCCC(=O)NC(COP(=O)([O-])OCC[N+](C)(C)C)C(O)/C=C/CCCC. The molecule has 0 spiro atoms. The van der Waals surface area contributed by atoms with E-state index in [0.29, 0.717) is 17.4 Å². The monoisotopic (exact) mass is 837 g/mol. The van der Waals surface area contributed by atoms with Crippen molar-refractivity contribution in [2.24, 2.45) is 0 Å². The smallest absolute Gasteiger partial charge is 0.268 e. The first kappa shape index (κ1) is 55.6. The molecule has 0 heterocycles. The molecular weight excluding hydrogens is 756 g/mol. The molecule has 332 valence electrons. The predicted octanol–water partition coefficient (Wildman–Crippen LogP) is 11.8. The number of rotatable bonds is 37. The van der Waals surface area contributed by atoms with Gasteiger partial charge in [0.25, 0.3) is 7.82 Å². The molecule has 59 heavy (non-hydrogen) atoms. The van der Waals surface area contributed by atoms with E-state index in [2.05, 4.69) is 141 Å². The Labute approximate surface area is 360 Å². The highest BCUT2D eigenvalue weighted by atomic mass is 31.2. The van der Waals surface area contributed by atoms with Gasteiger partial charge in [0.05, 0.1) is 39.9 Å². The average Bonchev–Trinajstić information content (AvgIpc) is 3.19. The van der Waals surface area contributed by atoms with Crippen LogP contribution in [0, 0.1) is 0 Å². The molecular formula is C50H81N2O6P. The largest absolute Gasteiger partial charge is 0.756 e. The minimum absolute atomic E-state index is 0.0192. The summed E-state index contributed by atoms with van der Waals surface area (Å²) in [5.41, 5.74) is 0. The van der Waals surface area contributed by atoms with Gasteiger partial charge < -0.3 is 28.8 Å². The number of carbonyl (C=O) groups excluding carboxylic acids is 1. The highest BCUT2D eigenvalue weighted by Gasteiger charge is 2.23. The number of phosphoric acid groups is 1. The third-order valence-electron chi connectivity index (χ3n) is 8.62. The van der Waals surface area contributed by atoms with Crippen LogP contribution in [0.25, 0.3) is 0 Å². The van der Waals surface area contributed by atoms with Gasteiger partial charge in [0, 0.05) is 6.42 Å². The second-order valence-corrected chi connectivity index (χ2v) is 16.7. The van der Waals surface area contributed by atoms with Gasteiger partial charge in [-0.25, -0.2) is 0 Å². The van der Waals surface area contributed by atoms with Crippen LogP contribution < -0.4 is 10.2 Å². The molecule has 0 aromatic heterocycles. The van der Waals surface area contributed by atoms with Crippen LogP contribution in [0.3, 0.4) is 0 Å². The summed E-state index contributed by atoms with van der Waals surface area (Å²) in [4.78, 5) is 25.0. The Morgan fingerprint density at radius 1 is 0.610 bits per heavy atom. The van der Waals surface area contributed by atoms with Crippen LogP contribution in [0.1, 0.15) is 123 Å². The fourth-order valence-electron chi connectivity index (χ4n) is 5.10. The van der Waals surface area contributed by atoms with E-state index in [1.165, 1.54) is 0 Å². The molecule has 0 saturated heterocycles. The number of phosphoric ester groups is 1. The van der Waals surface area contributed by atoms with Crippen molar-refractivity contribution in [3.63, 3.8) is 0 Å². The van der Waals surface area contributed by atoms with Crippen LogP contribution in [0.2, 0.25) is 0 Å². The molecule has 0 aliphatic carbocycles. The van der Waals surface area contributed by atoms with Crippen molar-refractivity contribution in [2.45, 2.75) is 135 Å². The maximum Gasteiger partial charge on any atom is 0.268 e. The Bertz CT molecular complexity index is 1410. The van der Waals surface area contributed by atoms with Crippen molar-refractivity contribution in [3.05, 3.63) is 134 Å². The second kappa shape index (κ2) is 40.1. The summed E-state index contributed by atoms with van der Waals surface area (Å²) < 4.78 is 22.9. The van der Waals surface area contributed by atoms with Gasteiger partial charge in [-0.3, -0.25) is 9.36 Å². The van der Waals surface area contributed by atoms with Crippen LogP contribution in [0.15, 0.2) is 134 Å². The first-order valence-electron chi connectivity index (χ1n) is 22.0. The zero-order valence-electron chi connectivity index (χ0n) is 37.4. The van der Waals surface area contributed by atoms with Crippen molar-refractivity contribution in [1.29, 1.82) is 0 Å². The van der Waals surface area contributed by atoms with Gasteiger partial charge in [-0.1, -0.05) is 160 Å². The van der Waals surface area contributed by atoms with Crippen molar-refractivity contribution in [2.75, 3.05) is 40.9 Å². The Hall–Kier alpha value is -3.36. The molecule has 9 heteroatoms. The van der Waals surface area contributed by atoms with E-state index in [1.54, 1.807) is 6.08 Å². The molecule has 0 aromatic carbocycles. The Balaban J connectivity index is 4.14. The fourth-order valence-corrected chi connectivity index (χ4v) is 5.83. The zero-order chi connectivity index (χ0) is 43.6. The summed E-state index contributed by atoms with van der Waals surface area (Å²) in [5.74, 6) is -0.258. The van der Waals surface area contributed by atoms with Crippen molar-refractivity contribution in [3.8, 4) is 0 Å². The number of carbonyl (C=O) groups is 1. The third kappa shape index (κ3) is 42.6. The number of aliphatic hydroxyl groups is 1. The number of nitrogens with one attached hydrogen (secondary N) is 1. The topological polar surface area (TPSA) is 108 Å². The maximum atomic E-state index is 12.7. The van der Waals surface area contributed by atoms with Crippen LogP contribution in [0.4, 0.5) is 0 Å². The summed E-state index contributed by atoms with van der Waals surface area (Å²) in [6.07, 6.45) is 61.5. The molecule has 0 aliphatic heterocycles. The number of nitrogens with zero attached hydrogens (tertiary/aromatic N) is 1. The van der Waals surface area contributed by atoms with Crippen LogP contribution >= 0.6 is 7.82 Å². The minimum atomic E-state index is -4.59. The lowest BCUT2D eigenvalue weighted by atomic mass is 10.1. The molecule has 0 saturated carbocycles. The van der Waals surface area contributed by atoms with Crippen LogP contribution in [-0.2, 0) is 18.4 Å². The summed E-state index contributed by atoms with van der Waals surface area (Å²) in [6, 6.07) is -0.915. The first-order valence-corrected chi connectivity index (χ1v) is 23.5. The van der Waals surface area contributed by atoms with Gasteiger partial charge >= 0.3 is 0 Å². The Kier molecular flexibility index (Phi) is 37.8. The fraction of sp³-hybridized carbons (Fsp3) is 0.540. The van der Waals surface area contributed by atoms with E-state index in [9.17, 15) is 19.4 Å². The van der Waals surface area contributed by atoms with E-state index in [4.69, 9.17) is 9.05 Å². The third-order valence-corrected chi connectivity index (χ3v) is 9.58. The van der Waals surface area contributed by atoms with E-state index < -0.39 is 26.6 Å². The Morgan fingerprint density at radius 2 is 1.02 bits per heavy atom. The number of amides is 1. The minimum Gasteiger partial charge on any atom is -0.756 e. The van der Waals surface area contributed by atoms with Crippen LogP contribution in [0.5, 0.6) is 0 Å². The van der Waals surface area contributed by atoms with E-state index in [0.717, 1.165) is 96.3 Å². The molecule has 3 atom stereocenters. The summed E-state index contributed by atoms with van der Waals surface area (Å²) >= 11 is 0. The van der Waals surface area contributed by atoms with Gasteiger partial charge in [0.2, 0.25) is 5.91 Å². The molecule has 8 nitrogen and oxygen atoms in total. The Morgan fingerprint density at radius 3 is 1.42 bits per heavy atom. The molecule has 0 fully saturated rings. The second-order valence-electron chi connectivity index (χ2n) is 15.3. The lowest BCUT2D eigenvalue weighted by Gasteiger charge is -2.29. The quantitative estimate of drug-likeness (QED) is 0.0279. The molecule has 0 bridgehead atoms. The van der Waals surface area contributed by atoms with E-state index >= 15 is 0 Å². The van der Waals surface area contributed by atoms with Gasteiger partial charge in [0.15, 0.2) is 0 Å². The molecule has 0 rings (SSSR count). The van der Waals surface area contributed by atoms with Crippen LogP contribution in [-0.4, -0.2) is 68.5 Å². The van der Waals surface area contributed by atoms with E-state index in [1.807, 2.05) is 27.2 Å². The average molecular weight is 837 g/mol. The number of likely N-dealkylation sites (N-methyl/N-ethyl adjacent to an activating group) is 1. The highest BCUT2D eigenvalue weighted by Crippen LogP contribution is 2.38. The highest BCUT2D eigenvalue weighted by molar-refractivity contribution is 7.45. The van der Waals surface area contributed by atoms with Gasteiger partial charge in [0.1, 0.15) is 13.2 Å². The molecule has 0 aliphatic rings. The summed E-state index contributed by atoms with van der Waals surface area (Å²) in [7, 11) is 1.20. The lowest BCUT2D eigenvalue weighted by molar-refractivity contribution is -0.870. The number of quaternary nitrogens is 1. The van der Waals surface area contributed by atoms with Gasteiger partial charge in [-0.05, 0) is 89.9 Å². The molecule has 3 unspecified atom stereocenters. The number of unbranched alkanes of at least 4 members (excludes halogenated alkanes) is 4. The normalized spacial score (nSPS) is 15.6. The first-order chi connectivity index (χ1) is 28.5. The predicted molar refractivity (Wildman–Crippen MR) is 251 cm³/mol. The molecule has 0 aromatic rings. The summed E-state index contributed by atoms with van der Waals surface area (Å²) in [6.45, 7) is 4.28. The number of aliphatic hydroxyl groups excluding tert-OH is 1. The van der Waals surface area contributed by atoms with Crippen molar-refractivity contribution in [1.82, 2.24) is 5.32 Å². The molecule has 0 radical (unpaired) electrons. The lowest BCUT2D eigenvalue weighted by Crippen LogP contribution is -2.45.